The van der Waals surface area contributed by atoms with Crippen molar-refractivity contribution in [3.8, 4) is 0 Å². The number of esters is 1. The van der Waals surface area contributed by atoms with Gasteiger partial charge < -0.3 is 15.0 Å². The van der Waals surface area contributed by atoms with Crippen LogP contribution in [0, 0.1) is 6.92 Å². The van der Waals surface area contributed by atoms with Crippen LogP contribution in [-0.2, 0) is 24.2 Å². The third kappa shape index (κ3) is 7.06. The van der Waals surface area contributed by atoms with Crippen molar-refractivity contribution in [2.75, 3.05) is 36.2 Å². The Balaban J connectivity index is 1.53. The van der Waals surface area contributed by atoms with E-state index < -0.39 is 34.4 Å². The number of amides is 2. The zero-order valence-electron chi connectivity index (χ0n) is 18.4. The van der Waals surface area contributed by atoms with Gasteiger partial charge in [0.2, 0.25) is 5.91 Å². The smallest absolute Gasteiger partial charge is 0.339 e. The number of nitrogens with zero attached hydrogens (tertiary/aromatic N) is 1. The summed E-state index contributed by atoms with van der Waals surface area (Å²) in [6, 6.07) is 13.7. The second-order valence-corrected chi connectivity index (χ2v) is 11.1. The third-order valence-electron chi connectivity index (χ3n) is 5.28. The predicted molar refractivity (Wildman–Crippen MR) is 127 cm³/mol. The van der Waals surface area contributed by atoms with Gasteiger partial charge in [-0.05, 0) is 37.6 Å². The van der Waals surface area contributed by atoms with Crippen LogP contribution in [-0.4, -0.2) is 68.1 Å². The van der Waals surface area contributed by atoms with E-state index in [4.69, 9.17) is 4.74 Å². The Morgan fingerprint density at radius 2 is 1.82 bits per heavy atom. The first-order valence-corrected chi connectivity index (χ1v) is 13.2. The van der Waals surface area contributed by atoms with Crippen LogP contribution in [0.15, 0.2) is 53.4 Å². The van der Waals surface area contributed by atoms with E-state index in [-0.39, 0.29) is 28.7 Å². The van der Waals surface area contributed by atoms with Crippen molar-refractivity contribution in [3.05, 3.63) is 59.7 Å². The molecule has 1 N–H and O–H groups in total. The van der Waals surface area contributed by atoms with Crippen molar-refractivity contribution < 1.29 is 27.5 Å². The summed E-state index contributed by atoms with van der Waals surface area (Å²) in [5, 5.41) is 2.80. The van der Waals surface area contributed by atoms with Gasteiger partial charge in [0.25, 0.3) is 5.91 Å². The highest BCUT2D eigenvalue weighted by Gasteiger charge is 2.33. The van der Waals surface area contributed by atoms with Gasteiger partial charge in [-0.25, -0.2) is 13.2 Å². The molecule has 10 heteroatoms. The van der Waals surface area contributed by atoms with E-state index in [0.29, 0.717) is 17.0 Å². The number of carbonyl (C=O) groups is 3. The molecule has 1 fully saturated rings. The van der Waals surface area contributed by atoms with E-state index in [1.165, 1.54) is 23.7 Å². The highest BCUT2D eigenvalue weighted by atomic mass is 32.2. The number of ether oxygens (including phenoxy) is 1. The van der Waals surface area contributed by atoms with Crippen molar-refractivity contribution in [1.82, 2.24) is 4.90 Å². The van der Waals surface area contributed by atoms with Gasteiger partial charge in [0.1, 0.15) is 0 Å². The summed E-state index contributed by atoms with van der Waals surface area (Å²) in [5.41, 5.74) is 2.04. The first kappa shape index (κ1) is 24.8. The van der Waals surface area contributed by atoms with E-state index in [2.05, 4.69) is 5.32 Å². The Hall–Kier alpha value is -2.85. The quantitative estimate of drug-likeness (QED) is 0.447. The molecule has 0 saturated carbocycles. The fourth-order valence-electron chi connectivity index (χ4n) is 3.33. The zero-order chi connectivity index (χ0) is 24.0. The Morgan fingerprint density at radius 1 is 1.12 bits per heavy atom. The molecule has 3 rings (SSSR count). The van der Waals surface area contributed by atoms with Crippen LogP contribution in [0.3, 0.4) is 0 Å². The Kier molecular flexibility index (Phi) is 8.15. The van der Waals surface area contributed by atoms with Crippen molar-refractivity contribution in [2.24, 2.45) is 0 Å². The Morgan fingerprint density at radius 3 is 2.48 bits per heavy atom. The van der Waals surface area contributed by atoms with Gasteiger partial charge in [0.15, 0.2) is 16.4 Å². The van der Waals surface area contributed by atoms with E-state index in [1.54, 1.807) is 24.3 Å². The molecule has 1 aliphatic rings. The number of likely N-dealkylation sites (N-methyl/N-ethyl adjacent to an activating group) is 1. The second kappa shape index (κ2) is 10.8. The van der Waals surface area contributed by atoms with Crippen LogP contribution in [0.4, 0.5) is 5.69 Å². The highest BCUT2D eigenvalue weighted by molar-refractivity contribution is 8.00. The molecule has 0 spiro atoms. The number of hydrogen-bond donors (Lipinski definition) is 1. The summed E-state index contributed by atoms with van der Waals surface area (Å²) in [4.78, 5) is 39.1. The number of nitrogens with one attached hydrogen (secondary N) is 1. The molecule has 2 amide bonds. The first-order valence-electron chi connectivity index (χ1n) is 10.4. The molecule has 1 heterocycles. The summed E-state index contributed by atoms with van der Waals surface area (Å²) in [5.74, 6) is -1.29. The number of sulfone groups is 1. The van der Waals surface area contributed by atoms with Crippen molar-refractivity contribution >= 4 is 45.1 Å². The van der Waals surface area contributed by atoms with Crippen LogP contribution in [0.2, 0.25) is 0 Å². The molecule has 1 unspecified atom stereocenters. The van der Waals surface area contributed by atoms with Gasteiger partial charge in [-0.15, -0.1) is 11.8 Å². The van der Waals surface area contributed by atoms with Crippen LogP contribution in [0.5, 0.6) is 0 Å². The van der Waals surface area contributed by atoms with Crippen LogP contribution in [0.1, 0.15) is 22.3 Å². The monoisotopic (exact) mass is 490 g/mol. The maximum absolute atomic E-state index is 12.6. The molecule has 0 radical (unpaired) electrons. The van der Waals surface area contributed by atoms with E-state index in [1.807, 2.05) is 31.2 Å². The molecule has 0 bridgehead atoms. The number of rotatable bonds is 8. The number of benzene rings is 2. The fourth-order valence-corrected chi connectivity index (χ4v) is 5.94. The second-order valence-electron chi connectivity index (χ2n) is 7.84. The molecule has 0 aromatic heterocycles. The minimum Gasteiger partial charge on any atom is -0.452 e. The normalized spacial score (nSPS) is 16.7. The van der Waals surface area contributed by atoms with Crippen molar-refractivity contribution in [3.63, 3.8) is 0 Å². The summed E-state index contributed by atoms with van der Waals surface area (Å²) in [6.45, 7) is 1.47. The molecule has 1 atom stereocenters. The molecular weight excluding hydrogens is 464 g/mol. The van der Waals surface area contributed by atoms with Gasteiger partial charge in [-0.3, -0.25) is 9.59 Å². The number of thioether (sulfide) groups is 1. The first-order chi connectivity index (χ1) is 15.6. The SMILES string of the molecule is Cc1ccc(NC(=O)CSc2ccccc2C(=O)OCC(=O)N(C)C2CCS(=O)(=O)C2)cc1. The molecule has 0 aliphatic carbocycles. The minimum atomic E-state index is -3.13. The zero-order valence-corrected chi connectivity index (χ0v) is 20.1. The maximum Gasteiger partial charge on any atom is 0.339 e. The van der Waals surface area contributed by atoms with Crippen LogP contribution < -0.4 is 5.32 Å². The molecule has 8 nitrogen and oxygen atoms in total. The van der Waals surface area contributed by atoms with Crippen molar-refractivity contribution in [2.45, 2.75) is 24.3 Å². The van der Waals surface area contributed by atoms with Gasteiger partial charge in [-0.2, -0.15) is 0 Å². The molecule has 1 aliphatic heterocycles. The average Bonchev–Trinajstić information content (AvgIpc) is 3.16. The van der Waals surface area contributed by atoms with Gasteiger partial charge in [0, 0.05) is 23.7 Å². The number of hydrogen-bond acceptors (Lipinski definition) is 7. The largest absolute Gasteiger partial charge is 0.452 e. The number of carbonyl (C=O) groups excluding carboxylic acids is 3. The maximum atomic E-state index is 12.6. The lowest BCUT2D eigenvalue weighted by atomic mass is 10.2. The molecular formula is C23H26N2O6S2. The standard InChI is InChI=1S/C23H26N2O6S2/c1-16-7-9-17(10-8-16)24-21(26)14-32-20-6-4-3-5-19(20)23(28)31-13-22(27)25(2)18-11-12-33(29,30)15-18/h3-10,18H,11-15H2,1-2H3,(H,24,26). The molecule has 176 valence electrons. The summed E-state index contributed by atoms with van der Waals surface area (Å²) in [7, 11) is -1.61. The van der Waals surface area contributed by atoms with Crippen LogP contribution in [0.25, 0.3) is 0 Å². The lowest BCUT2D eigenvalue weighted by Crippen LogP contribution is -2.40. The van der Waals surface area contributed by atoms with E-state index >= 15 is 0 Å². The van der Waals surface area contributed by atoms with Gasteiger partial charge in [-0.1, -0.05) is 29.8 Å². The number of anilines is 1. The summed E-state index contributed by atoms with van der Waals surface area (Å²) >= 11 is 1.19. The minimum absolute atomic E-state index is 0.0527. The Bertz CT molecular complexity index is 1130. The lowest BCUT2D eigenvalue weighted by molar-refractivity contribution is -0.134. The molecule has 33 heavy (non-hydrogen) atoms. The van der Waals surface area contributed by atoms with Gasteiger partial charge in [0.05, 0.1) is 22.8 Å². The molecule has 2 aromatic rings. The van der Waals surface area contributed by atoms with E-state index in [9.17, 15) is 22.8 Å². The summed E-state index contributed by atoms with van der Waals surface area (Å²) in [6.07, 6.45) is 0.378. The molecule has 1 saturated heterocycles. The van der Waals surface area contributed by atoms with Gasteiger partial charge >= 0.3 is 5.97 Å². The fraction of sp³-hybridized carbons (Fsp3) is 0.348. The third-order valence-corrected chi connectivity index (χ3v) is 8.10. The van der Waals surface area contributed by atoms with Crippen molar-refractivity contribution in [1.29, 1.82) is 0 Å². The molecule has 2 aromatic carbocycles. The summed E-state index contributed by atoms with van der Waals surface area (Å²) < 4.78 is 28.4. The predicted octanol–water partition coefficient (Wildman–Crippen LogP) is 2.53. The number of aryl methyl sites for hydroxylation is 1. The van der Waals surface area contributed by atoms with E-state index in [0.717, 1.165) is 5.56 Å². The Labute approximate surface area is 197 Å². The topological polar surface area (TPSA) is 110 Å². The van der Waals surface area contributed by atoms with Crippen LogP contribution >= 0.6 is 11.8 Å². The average molecular weight is 491 g/mol. The lowest BCUT2D eigenvalue weighted by Gasteiger charge is -2.23. The highest BCUT2D eigenvalue weighted by Crippen LogP contribution is 2.24.